The first-order valence-corrected chi connectivity index (χ1v) is 10.6. The molecule has 0 aliphatic carbocycles. The van der Waals surface area contributed by atoms with Gasteiger partial charge in [0.15, 0.2) is 17.3 Å². The van der Waals surface area contributed by atoms with Crippen LogP contribution in [0.5, 0.6) is 0 Å². The van der Waals surface area contributed by atoms with Gasteiger partial charge in [0.1, 0.15) is 5.82 Å². The van der Waals surface area contributed by atoms with Gasteiger partial charge in [-0.05, 0) is 44.0 Å². The fourth-order valence-corrected chi connectivity index (χ4v) is 4.02. The maximum Gasteiger partial charge on any atom is 0.276 e. The zero-order chi connectivity index (χ0) is 22.5. The first kappa shape index (κ1) is 20.3. The number of alkyl halides is 1. The summed E-state index contributed by atoms with van der Waals surface area (Å²) in [7, 11) is 0. The van der Waals surface area contributed by atoms with Crippen LogP contribution in [0.25, 0.3) is 16.7 Å². The number of nitrogens with one attached hydrogen (secondary N) is 2. The second-order valence-electron chi connectivity index (χ2n) is 8.34. The molecule has 0 bridgehead atoms. The second-order valence-corrected chi connectivity index (χ2v) is 8.34. The normalized spacial score (nSPS) is 13.5. The van der Waals surface area contributed by atoms with Gasteiger partial charge < -0.3 is 10.6 Å². The van der Waals surface area contributed by atoms with Crippen LogP contribution in [0.15, 0.2) is 47.5 Å². The average Bonchev–Trinajstić information content (AvgIpc) is 3.34. The molecule has 0 spiro atoms. The van der Waals surface area contributed by atoms with E-state index in [-0.39, 0.29) is 11.4 Å². The van der Waals surface area contributed by atoms with Crippen LogP contribution in [-0.4, -0.2) is 24.3 Å². The van der Waals surface area contributed by atoms with Gasteiger partial charge in [0, 0.05) is 49.8 Å². The van der Waals surface area contributed by atoms with E-state index in [4.69, 9.17) is 0 Å². The molecule has 0 radical (unpaired) electrons. The van der Waals surface area contributed by atoms with Crippen molar-refractivity contribution in [1.82, 2.24) is 29.6 Å². The number of hydrogen-bond donors (Lipinski definition) is 2. The molecule has 0 unspecified atom stereocenters. The summed E-state index contributed by atoms with van der Waals surface area (Å²) >= 11 is 0. The van der Waals surface area contributed by atoms with E-state index in [1.54, 1.807) is 21.6 Å². The molecule has 0 saturated heterocycles. The summed E-state index contributed by atoms with van der Waals surface area (Å²) in [5, 5.41) is 7.13. The number of rotatable bonds is 5. The summed E-state index contributed by atoms with van der Waals surface area (Å²) in [5.74, 6) is 1.09. The summed E-state index contributed by atoms with van der Waals surface area (Å²) < 4.78 is 17.8. The fourth-order valence-electron chi connectivity index (χ4n) is 4.02. The zero-order valence-corrected chi connectivity index (χ0v) is 18.2. The van der Waals surface area contributed by atoms with Crippen LogP contribution in [0.1, 0.15) is 37.7 Å². The topological polar surface area (TPSA) is 89.7 Å². The first-order valence-electron chi connectivity index (χ1n) is 10.6. The minimum Gasteiger partial charge on any atom is -0.340 e. The smallest absolute Gasteiger partial charge is 0.276 e. The van der Waals surface area contributed by atoms with Crippen LogP contribution in [-0.2, 0) is 25.3 Å². The summed E-state index contributed by atoms with van der Waals surface area (Å²) in [6.07, 6.45) is 3.08. The molecule has 8 nitrogen and oxygen atoms in total. The third-order valence-electron chi connectivity index (χ3n) is 5.62. The first-order chi connectivity index (χ1) is 15.3. The van der Waals surface area contributed by atoms with E-state index in [1.807, 2.05) is 19.1 Å². The van der Waals surface area contributed by atoms with Crippen molar-refractivity contribution in [1.29, 1.82) is 0 Å². The number of benzene rings is 1. The number of aromatic nitrogens is 5. The highest BCUT2D eigenvalue weighted by Crippen LogP contribution is 2.26. The monoisotopic (exact) mass is 433 g/mol. The van der Waals surface area contributed by atoms with Gasteiger partial charge in [0.25, 0.3) is 5.56 Å². The van der Waals surface area contributed by atoms with Crippen molar-refractivity contribution in [2.45, 2.75) is 46.1 Å². The Balaban J connectivity index is 1.62. The molecule has 4 heterocycles. The third-order valence-corrected chi connectivity index (χ3v) is 5.62. The van der Waals surface area contributed by atoms with Crippen molar-refractivity contribution in [3.05, 3.63) is 70.0 Å². The van der Waals surface area contributed by atoms with E-state index in [0.29, 0.717) is 29.1 Å². The molecule has 2 N–H and O–H groups in total. The molecule has 4 aromatic rings. The number of hydrogen-bond acceptors (Lipinski definition) is 6. The molecular weight excluding hydrogens is 409 g/mol. The molecule has 1 aliphatic rings. The molecule has 0 amide bonds. The Bertz CT molecular complexity index is 1380. The maximum absolute atomic E-state index is 14.5. The minimum absolute atomic E-state index is 0.0612. The van der Waals surface area contributed by atoms with Crippen molar-refractivity contribution in [2.24, 2.45) is 0 Å². The van der Waals surface area contributed by atoms with E-state index in [9.17, 15) is 9.18 Å². The van der Waals surface area contributed by atoms with Gasteiger partial charge in [-0.3, -0.25) is 4.79 Å². The van der Waals surface area contributed by atoms with E-state index in [1.165, 1.54) is 31.2 Å². The number of anilines is 2. The van der Waals surface area contributed by atoms with Gasteiger partial charge in [0.05, 0.1) is 10.9 Å². The minimum atomic E-state index is -1.70. The Morgan fingerprint density at radius 2 is 1.97 bits per heavy atom. The molecule has 1 aliphatic heterocycles. The van der Waals surface area contributed by atoms with Crippen LogP contribution >= 0.6 is 0 Å². The molecule has 0 saturated carbocycles. The van der Waals surface area contributed by atoms with Crippen molar-refractivity contribution < 1.29 is 4.39 Å². The highest BCUT2D eigenvalue weighted by molar-refractivity contribution is 5.82. The number of nitrogens with zero attached hydrogens (tertiary/aromatic N) is 5. The van der Waals surface area contributed by atoms with Crippen molar-refractivity contribution in [3.8, 4) is 5.82 Å². The van der Waals surface area contributed by atoms with Gasteiger partial charge in [-0.25, -0.2) is 28.7 Å². The van der Waals surface area contributed by atoms with Crippen LogP contribution in [0.4, 0.5) is 15.9 Å². The largest absolute Gasteiger partial charge is 0.340 e. The van der Waals surface area contributed by atoms with E-state index in [0.717, 1.165) is 18.8 Å². The van der Waals surface area contributed by atoms with Crippen LogP contribution in [0, 0.1) is 0 Å². The maximum atomic E-state index is 14.5. The Labute approximate surface area is 184 Å². The molecule has 9 heteroatoms. The van der Waals surface area contributed by atoms with Crippen LogP contribution in [0.2, 0.25) is 0 Å². The lowest BCUT2D eigenvalue weighted by atomic mass is 10.1. The quantitative estimate of drug-likeness (QED) is 0.500. The standard InChI is InChI=1S/C23H24FN7O/c1-4-30-21(32)17-13-27-19(28-16-6-5-14-11-25-12-15(14)9-16)10-18(17)31(30)20-7-8-26-22(29-20)23(2,3)24/h5-10,13,25H,4,11-12H2,1-3H3,(H,27,28). The summed E-state index contributed by atoms with van der Waals surface area (Å²) in [5.41, 5.74) is 2.23. The zero-order valence-electron chi connectivity index (χ0n) is 18.2. The van der Waals surface area contributed by atoms with Crippen molar-refractivity contribution in [2.75, 3.05) is 5.32 Å². The van der Waals surface area contributed by atoms with Crippen LogP contribution < -0.4 is 16.2 Å². The Hall–Kier alpha value is -3.59. The summed E-state index contributed by atoms with van der Waals surface area (Å²) in [6.45, 7) is 6.84. The van der Waals surface area contributed by atoms with Gasteiger partial charge in [-0.15, -0.1) is 0 Å². The van der Waals surface area contributed by atoms with Crippen molar-refractivity contribution in [3.63, 3.8) is 0 Å². The molecule has 0 fully saturated rings. The highest BCUT2D eigenvalue weighted by Gasteiger charge is 2.24. The number of fused-ring (bicyclic) bond motifs is 2. The average molecular weight is 433 g/mol. The van der Waals surface area contributed by atoms with Crippen LogP contribution in [0.3, 0.4) is 0 Å². The van der Waals surface area contributed by atoms with E-state index in [2.05, 4.69) is 37.7 Å². The van der Waals surface area contributed by atoms with E-state index < -0.39 is 5.67 Å². The number of pyridine rings is 1. The molecule has 5 rings (SSSR count). The van der Waals surface area contributed by atoms with Crippen molar-refractivity contribution >= 4 is 22.4 Å². The highest BCUT2D eigenvalue weighted by atomic mass is 19.1. The summed E-state index contributed by atoms with van der Waals surface area (Å²) in [4.78, 5) is 25.9. The Kier molecular flexibility index (Phi) is 4.78. The lowest BCUT2D eigenvalue weighted by molar-refractivity contribution is 0.206. The predicted molar refractivity (Wildman–Crippen MR) is 121 cm³/mol. The fraction of sp³-hybridized carbons (Fsp3) is 0.304. The molecule has 32 heavy (non-hydrogen) atoms. The lowest BCUT2D eigenvalue weighted by Gasteiger charge is -2.15. The lowest BCUT2D eigenvalue weighted by Crippen LogP contribution is -2.23. The Morgan fingerprint density at radius 1 is 1.16 bits per heavy atom. The van der Waals surface area contributed by atoms with Gasteiger partial charge in [-0.2, -0.15) is 0 Å². The number of halogens is 1. The predicted octanol–water partition coefficient (Wildman–Crippen LogP) is 3.55. The summed E-state index contributed by atoms with van der Waals surface area (Å²) in [6, 6.07) is 9.70. The van der Waals surface area contributed by atoms with E-state index >= 15 is 0 Å². The molecular formula is C23H24FN7O. The third kappa shape index (κ3) is 3.44. The Morgan fingerprint density at radius 3 is 2.75 bits per heavy atom. The van der Waals surface area contributed by atoms with Gasteiger partial charge >= 0.3 is 0 Å². The molecule has 0 atom stereocenters. The second kappa shape index (κ2) is 7.52. The van der Waals surface area contributed by atoms with Gasteiger partial charge in [0.2, 0.25) is 0 Å². The molecule has 1 aromatic carbocycles. The SMILES string of the molecule is CCn1c(=O)c2cnc(Nc3ccc4c(c3)CNC4)cc2n1-c1ccnc(C(C)(C)F)n1. The molecule has 164 valence electrons. The van der Waals surface area contributed by atoms with Gasteiger partial charge in [-0.1, -0.05) is 6.07 Å². The molecule has 3 aromatic heterocycles.